The van der Waals surface area contributed by atoms with Crippen LogP contribution in [0.2, 0.25) is 0 Å². The molecule has 6 heteroatoms. The third-order valence-corrected chi connectivity index (χ3v) is 4.07. The first-order valence-corrected chi connectivity index (χ1v) is 8.95. The molecule has 0 radical (unpaired) electrons. The molecule has 0 heterocycles. The monoisotopic (exact) mass is 344 g/mol. The van der Waals surface area contributed by atoms with Gasteiger partial charge < -0.3 is 9.47 Å². The highest BCUT2D eigenvalue weighted by Crippen LogP contribution is 2.10. The van der Waals surface area contributed by atoms with Gasteiger partial charge in [0.05, 0.1) is 0 Å². The molecule has 0 aliphatic heterocycles. The van der Waals surface area contributed by atoms with E-state index in [0.717, 1.165) is 38.5 Å². The standard InChI is InChI=1S/C18H36N2O4/c1-15(19(3)4)23-17(21)13-11-9-7-8-10-12-14-18(22)24-16(2)20(5)6/h15-16H,7-14H2,1-6H3. The quantitative estimate of drug-likeness (QED) is 0.291. The molecule has 2 atom stereocenters. The summed E-state index contributed by atoms with van der Waals surface area (Å²) in [5.41, 5.74) is 0. The first kappa shape index (κ1) is 22.9. The van der Waals surface area contributed by atoms with Crippen LogP contribution in [0.15, 0.2) is 0 Å². The predicted molar refractivity (Wildman–Crippen MR) is 95.4 cm³/mol. The minimum Gasteiger partial charge on any atom is -0.447 e. The molecule has 0 aromatic carbocycles. The normalized spacial score (nSPS) is 13.8. The van der Waals surface area contributed by atoms with Gasteiger partial charge in [-0.15, -0.1) is 0 Å². The lowest BCUT2D eigenvalue weighted by atomic mass is 10.1. The van der Waals surface area contributed by atoms with Crippen molar-refractivity contribution in [1.29, 1.82) is 0 Å². The molecule has 0 amide bonds. The highest BCUT2D eigenvalue weighted by molar-refractivity contribution is 5.69. The van der Waals surface area contributed by atoms with Crippen LogP contribution in [0.4, 0.5) is 0 Å². The van der Waals surface area contributed by atoms with Crippen molar-refractivity contribution in [3.63, 3.8) is 0 Å². The lowest BCUT2D eigenvalue weighted by Crippen LogP contribution is -2.29. The van der Waals surface area contributed by atoms with Crippen molar-refractivity contribution < 1.29 is 19.1 Å². The van der Waals surface area contributed by atoms with E-state index in [-0.39, 0.29) is 24.4 Å². The topological polar surface area (TPSA) is 59.1 Å². The molecule has 0 spiro atoms. The summed E-state index contributed by atoms with van der Waals surface area (Å²) in [6.45, 7) is 3.73. The first-order chi connectivity index (χ1) is 11.2. The average Bonchev–Trinajstić information content (AvgIpc) is 2.49. The summed E-state index contributed by atoms with van der Waals surface area (Å²) in [6.07, 6.45) is 6.54. The molecular weight excluding hydrogens is 308 g/mol. The van der Waals surface area contributed by atoms with Crippen molar-refractivity contribution in [3.05, 3.63) is 0 Å². The Morgan fingerprint density at radius 2 is 0.958 bits per heavy atom. The fraction of sp³-hybridized carbons (Fsp3) is 0.889. The zero-order valence-electron chi connectivity index (χ0n) is 16.3. The molecule has 0 bridgehead atoms. The minimum absolute atomic E-state index is 0.131. The Morgan fingerprint density at radius 1 is 0.667 bits per heavy atom. The Bertz CT molecular complexity index is 325. The second kappa shape index (κ2) is 13.2. The zero-order chi connectivity index (χ0) is 18.5. The van der Waals surface area contributed by atoms with Gasteiger partial charge in [0, 0.05) is 12.8 Å². The SMILES string of the molecule is CC(OC(=O)CCCCCCCCC(=O)OC(C)N(C)C)N(C)C. The molecule has 0 N–H and O–H groups in total. The van der Waals surface area contributed by atoms with Gasteiger partial charge in [0.1, 0.15) is 0 Å². The first-order valence-electron chi connectivity index (χ1n) is 8.95. The number of ether oxygens (including phenoxy) is 2. The van der Waals surface area contributed by atoms with Gasteiger partial charge in [-0.3, -0.25) is 19.4 Å². The maximum Gasteiger partial charge on any atom is 0.307 e. The van der Waals surface area contributed by atoms with E-state index in [1.807, 2.05) is 51.8 Å². The van der Waals surface area contributed by atoms with Crippen LogP contribution in [0, 0.1) is 0 Å². The number of unbranched alkanes of at least 4 members (excludes halogenated alkanes) is 5. The lowest BCUT2D eigenvalue weighted by molar-refractivity contribution is -0.156. The van der Waals surface area contributed by atoms with Crippen LogP contribution in [0.25, 0.3) is 0 Å². The highest BCUT2D eigenvalue weighted by atomic mass is 16.6. The third-order valence-electron chi connectivity index (χ3n) is 4.07. The molecule has 0 aromatic heterocycles. The fourth-order valence-corrected chi connectivity index (χ4v) is 1.95. The number of rotatable bonds is 13. The van der Waals surface area contributed by atoms with Gasteiger partial charge in [-0.2, -0.15) is 0 Å². The predicted octanol–water partition coefficient (Wildman–Crippen LogP) is 3.01. The largest absolute Gasteiger partial charge is 0.447 e. The molecule has 0 aromatic rings. The van der Waals surface area contributed by atoms with E-state index in [4.69, 9.17) is 9.47 Å². The second-order valence-electron chi connectivity index (χ2n) is 6.73. The van der Waals surface area contributed by atoms with Crippen molar-refractivity contribution in [2.45, 2.75) is 77.7 Å². The van der Waals surface area contributed by atoms with Gasteiger partial charge in [0.15, 0.2) is 12.5 Å². The van der Waals surface area contributed by atoms with Crippen molar-refractivity contribution in [1.82, 2.24) is 9.80 Å². The van der Waals surface area contributed by atoms with Gasteiger partial charge in [0.25, 0.3) is 0 Å². The summed E-state index contributed by atoms with van der Waals surface area (Å²) in [6, 6.07) is 0. The number of carbonyl (C=O) groups is 2. The number of nitrogens with zero attached hydrogens (tertiary/aromatic N) is 2. The van der Waals surface area contributed by atoms with Crippen LogP contribution in [-0.2, 0) is 19.1 Å². The Morgan fingerprint density at radius 3 is 1.25 bits per heavy atom. The number of carbonyl (C=O) groups excluding carboxylic acids is 2. The molecular formula is C18H36N2O4. The number of hydrogen-bond donors (Lipinski definition) is 0. The van der Waals surface area contributed by atoms with E-state index < -0.39 is 0 Å². The van der Waals surface area contributed by atoms with Crippen LogP contribution in [0.5, 0.6) is 0 Å². The average molecular weight is 344 g/mol. The highest BCUT2D eigenvalue weighted by Gasteiger charge is 2.11. The van der Waals surface area contributed by atoms with Crippen LogP contribution in [0.3, 0.4) is 0 Å². The summed E-state index contributed by atoms with van der Waals surface area (Å²) in [5, 5.41) is 0. The lowest BCUT2D eigenvalue weighted by Gasteiger charge is -2.19. The Hall–Kier alpha value is -1.14. The second-order valence-corrected chi connectivity index (χ2v) is 6.73. The van der Waals surface area contributed by atoms with Gasteiger partial charge in [-0.1, -0.05) is 25.7 Å². The van der Waals surface area contributed by atoms with Crippen molar-refractivity contribution in [2.75, 3.05) is 28.2 Å². The van der Waals surface area contributed by atoms with E-state index >= 15 is 0 Å². The van der Waals surface area contributed by atoms with E-state index in [9.17, 15) is 9.59 Å². The molecule has 6 nitrogen and oxygen atoms in total. The van der Waals surface area contributed by atoms with E-state index in [2.05, 4.69) is 0 Å². The number of hydrogen-bond acceptors (Lipinski definition) is 6. The molecule has 2 unspecified atom stereocenters. The molecule has 0 rings (SSSR count). The van der Waals surface area contributed by atoms with E-state index in [0.29, 0.717) is 12.8 Å². The van der Waals surface area contributed by atoms with Crippen LogP contribution >= 0.6 is 0 Å². The maximum absolute atomic E-state index is 11.6. The maximum atomic E-state index is 11.6. The van der Waals surface area contributed by atoms with Crippen LogP contribution < -0.4 is 0 Å². The smallest absolute Gasteiger partial charge is 0.307 e. The Labute approximate surface area is 147 Å². The van der Waals surface area contributed by atoms with Crippen LogP contribution in [-0.4, -0.2) is 62.4 Å². The van der Waals surface area contributed by atoms with Gasteiger partial charge in [-0.05, 0) is 54.9 Å². The third kappa shape index (κ3) is 12.3. The number of esters is 2. The minimum atomic E-state index is -0.174. The summed E-state index contributed by atoms with van der Waals surface area (Å²) in [7, 11) is 7.54. The molecule has 142 valence electrons. The van der Waals surface area contributed by atoms with Crippen molar-refractivity contribution in [2.24, 2.45) is 0 Å². The molecule has 0 fully saturated rings. The fourth-order valence-electron chi connectivity index (χ4n) is 1.95. The summed E-state index contributed by atoms with van der Waals surface area (Å²) in [5.74, 6) is -0.261. The molecule has 0 aliphatic carbocycles. The van der Waals surface area contributed by atoms with Crippen molar-refractivity contribution >= 4 is 11.9 Å². The van der Waals surface area contributed by atoms with E-state index in [1.165, 1.54) is 0 Å². The Kier molecular flexibility index (Phi) is 12.6. The summed E-state index contributed by atoms with van der Waals surface area (Å²) in [4.78, 5) is 26.9. The zero-order valence-corrected chi connectivity index (χ0v) is 16.3. The van der Waals surface area contributed by atoms with Gasteiger partial charge >= 0.3 is 11.9 Å². The molecule has 0 saturated carbocycles. The van der Waals surface area contributed by atoms with E-state index in [1.54, 1.807) is 0 Å². The van der Waals surface area contributed by atoms with Crippen molar-refractivity contribution in [3.8, 4) is 0 Å². The van der Waals surface area contributed by atoms with Gasteiger partial charge in [-0.25, -0.2) is 0 Å². The molecule has 0 aliphatic rings. The van der Waals surface area contributed by atoms with Gasteiger partial charge in [0.2, 0.25) is 0 Å². The molecule has 0 saturated heterocycles. The molecule has 24 heavy (non-hydrogen) atoms. The van der Waals surface area contributed by atoms with Crippen LogP contribution in [0.1, 0.15) is 65.2 Å². The summed E-state index contributed by atoms with van der Waals surface area (Å²) < 4.78 is 10.5. The Balaban J connectivity index is 3.48. The summed E-state index contributed by atoms with van der Waals surface area (Å²) >= 11 is 0.